The van der Waals surface area contributed by atoms with E-state index in [2.05, 4.69) is 20.8 Å². The van der Waals surface area contributed by atoms with E-state index in [9.17, 15) is 9.59 Å². The van der Waals surface area contributed by atoms with E-state index in [1.54, 1.807) is 0 Å². The second-order valence-corrected chi connectivity index (χ2v) is 8.95. The maximum Gasteiger partial charge on any atom is 0.309 e. The molecule has 4 aliphatic rings. The molecule has 0 aromatic heterocycles. The van der Waals surface area contributed by atoms with Crippen LogP contribution in [0.4, 0.5) is 0 Å². The minimum absolute atomic E-state index is 0.00249. The van der Waals surface area contributed by atoms with Crippen molar-refractivity contribution >= 4 is 11.8 Å². The quantitative estimate of drug-likeness (QED) is 0.575. The summed E-state index contributed by atoms with van der Waals surface area (Å²) >= 11 is 0. The van der Waals surface area contributed by atoms with Gasteiger partial charge in [0, 0.05) is 12.3 Å². The molecule has 0 aromatic carbocycles. The zero-order valence-electron chi connectivity index (χ0n) is 15.1. The summed E-state index contributed by atoms with van der Waals surface area (Å²) in [5.41, 5.74) is 1.14. The number of ether oxygens (including phenoxy) is 2. The number of carbonyl (C=O) groups is 2. The smallest absolute Gasteiger partial charge is 0.309 e. The minimum Gasteiger partial charge on any atom is -0.466 e. The molecule has 3 aliphatic carbocycles. The van der Waals surface area contributed by atoms with Crippen LogP contribution in [0.25, 0.3) is 0 Å². The van der Waals surface area contributed by atoms with Crippen molar-refractivity contribution in [3.05, 3.63) is 11.6 Å². The van der Waals surface area contributed by atoms with Gasteiger partial charge in [0.25, 0.3) is 0 Å². The Bertz CT molecular complexity index is 619. The van der Waals surface area contributed by atoms with Crippen LogP contribution in [0.1, 0.15) is 53.4 Å². The molecule has 4 nitrogen and oxygen atoms in total. The maximum atomic E-state index is 12.8. The number of esters is 1. The van der Waals surface area contributed by atoms with Gasteiger partial charge in [-0.05, 0) is 54.6 Å². The molecular weight excluding hydrogens is 304 g/mol. The SMILES string of the molecule is CCOC(=O)C1[C@H]2C(CCC1(C)C)[C@@]1(C)CCC(=O)C=C1[C@@H]1O[C@H]21. The zero-order chi connectivity index (χ0) is 17.3. The molecule has 132 valence electrons. The Hall–Kier alpha value is -1.16. The molecule has 6 atom stereocenters. The number of epoxide rings is 1. The van der Waals surface area contributed by atoms with Crippen LogP contribution in [-0.4, -0.2) is 30.6 Å². The fraction of sp³-hybridized carbons (Fsp3) is 0.800. The number of rotatable bonds is 2. The van der Waals surface area contributed by atoms with Gasteiger partial charge in [0.05, 0.1) is 18.6 Å². The molecule has 0 amide bonds. The van der Waals surface area contributed by atoms with Crippen molar-refractivity contribution in [3.8, 4) is 0 Å². The Morgan fingerprint density at radius 2 is 2.08 bits per heavy atom. The van der Waals surface area contributed by atoms with Gasteiger partial charge in [0.2, 0.25) is 0 Å². The summed E-state index contributed by atoms with van der Waals surface area (Å²) in [4.78, 5) is 24.7. The number of ketones is 1. The number of allylic oxidation sites excluding steroid dienone is 1. The predicted molar refractivity (Wildman–Crippen MR) is 89.2 cm³/mol. The lowest BCUT2D eigenvalue weighted by molar-refractivity contribution is -0.163. The maximum absolute atomic E-state index is 12.8. The Morgan fingerprint density at radius 3 is 2.79 bits per heavy atom. The van der Waals surface area contributed by atoms with Gasteiger partial charge in [0.1, 0.15) is 6.10 Å². The fourth-order valence-corrected chi connectivity index (χ4v) is 5.91. The van der Waals surface area contributed by atoms with Gasteiger partial charge in [0.15, 0.2) is 5.78 Å². The first-order chi connectivity index (χ1) is 11.3. The molecule has 3 fully saturated rings. The highest BCUT2D eigenvalue weighted by Gasteiger charge is 2.68. The van der Waals surface area contributed by atoms with Crippen molar-refractivity contribution < 1.29 is 19.1 Å². The molecule has 2 saturated carbocycles. The summed E-state index contributed by atoms with van der Waals surface area (Å²) < 4.78 is 11.5. The molecule has 4 rings (SSSR count). The second-order valence-electron chi connectivity index (χ2n) is 8.95. The first-order valence-electron chi connectivity index (χ1n) is 9.36. The molecule has 4 heteroatoms. The van der Waals surface area contributed by atoms with Gasteiger partial charge in [-0.2, -0.15) is 0 Å². The van der Waals surface area contributed by atoms with Gasteiger partial charge in [-0.1, -0.05) is 20.8 Å². The molecule has 1 heterocycles. The topological polar surface area (TPSA) is 55.9 Å². The predicted octanol–water partition coefficient (Wildman–Crippen LogP) is 3.29. The summed E-state index contributed by atoms with van der Waals surface area (Å²) in [5, 5.41) is 0. The van der Waals surface area contributed by atoms with Crippen LogP contribution in [-0.2, 0) is 19.1 Å². The van der Waals surface area contributed by atoms with Crippen molar-refractivity contribution in [2.75, 3.05) is 6.61 Å². The Kier molecular flexibility index (Phi) is 3.51. The van der Waals surface area contributed by atoms with Crippen molar-refractivity contribution in [2.24, 2.45) is 28.6 Å². The van der Waals surface area contributed by atoms with E-state index >= 15 is 0 Å². The highest BCUT2D eigenvalue weighted by Crippen LogP contribution is 2.66. The molecule has 1 aliphatic heterocycles. The zero-order valence-corrected chi connectivity index (χ0v) is 15.1. The first kappa shape index (κ1) is 16.3. The van der Waals surface area contributed by atoms with E-state index in [4.69, 9.17) is 9.47 Å². The molecule has 0 N–H and O–H groups in total. The van der Waals surface area contributed by atoms with E-state index in [1.165, 1.54) is 5.57 Å². The highest BCUT2D eigenvalue weighted by molar-refractivity contribution is 5.92. The van der Waals surface area contributed by atoms with Crippen LogP contribution in [0, 0.1) is 28.6 Å². The number of hydrogen-bond donors (Lipinski definition) is 0. The molecule has 0 bridgehead atoms. The monoisotopic (exact) mass is 332 g/mol. The Balaban J connectivity index is 1.75. The van der Waals surface area contributed by atoms with Gasteiger partial charge < -0.3 is 9.47 Å². The minimum atomic E-state index is -0.109. The van der Waals surface area contributed by atoms with Crippen LogP contribution in [0.3, 0.4) is 0 Å². The average Bonchev–Trinajstić information content (AvgIpc) is 3.28. The van der Waals surface area contributed by atoms with Gasteiger partial charge >= 0.3 is 5.97 Å². The first-order valence-corrected chi connectivity index (χ1v) is 9.36. The van der Waals surface area contributed by atoms with Gasteiger partial charge in [-0.15, -0.1) is 0 Å². The lowest BCUT2D eigenvalue weighted by atomic mass is 9.47. The number of fused-ring (bicyclic) bond motifs is 6. The van der Waals surface area contributed by atoms with Crippen molar-refractivity contribution in [1.29, 1.82) is 0 Å². The molecule has 24 heavy (non-hydrogen) atoms. The molecule has 0 aromatic rings. The van der Waals surface area contributed by atoms with Gasteiger partial charge in [-0.3, -0.25) is 9.59 Å². The van der Waals surface area contributed by atoms with Crippen LogP contribution >= 0.6 is 0 Å². The van der Waals surface area contributed by atoms with E-state index in [0.29, 0.717) is 18.9 Å². The Labute approximate surface area is 144 Å². The van der Waals surface area contributed by atoms with E-state index in [0.717, 1.165) is 19.3 Å². The molecule has 0 radical (unpaired) electrons. The number of carbonyl (C=O) groups excluding carboxylic acids is 2. The third-order valence-corrected chi connectivity index (χ3v) is 7.23. The van der Waals surface area contributed by atoms with Crippen LogP contribution in [0.2, 0.25) is 0 Å². The third-order valence-electron chi connectivity index (χ3n) is 7.23. The fourth-order valence-electron chi connectivity index (χ4n) is 5.91. The third kappa shape index (κ3) is 2.15. The Morgan fingerprint density at radius 1 is 1.33 bits per heavy atom. The summed E-state index contributed by atoms with van der Waals surface area (Å²) in [5.74, 6) is 0.681. The molecule has 2 unspecified atom stereocenters. The largest absolute Gasteiger partial charge is 0.466 e. The normalized spacial score (nSPS) is 45.4. The molecular formula is C20H28O4. The second kappa shape index (κ2) is 5.17. The highest BCUT2D eigenvalue weighted by atomic mass is 16.6. The van der Waals surface area contributed by atoms with Crippen molar-refractivity contribution in [2.45, 2.75) is 65.6 Å². The van der Waals surface area contributed by atoms with E-state index in [1.807, 2.05) is 13.0 Å². The lowest BCUT2D eigenvalue weighted by Gasteiger charge is -2.55. The van der Waals surface area contributed by atoms with Crippen LogP contribution in [0.5, 0.6) is 0 Å². The van der Waals surface area contributed by atoms with Gasteiger partial charge in [-0.25, -0.2) is 0 Å². The standard InChI is InChI=1S/C20H28O4/c1-5-23-18(22)15-14-12(7-8-19(15,2)3)20(4)9-6-11(21)10-13(20)16-17(14)24-16/h10,12,14-17H,5-9H2,1-4H3/t12?,14-,15?,16+,17-,20-/m1/s1. The summed E-state index contributed by atoms with van der Waals surface area (Å²) in [6, 6.07) is 0. The number of hydrogen-bond acceptors (Lipinski definition) is 4. The van der Waals surface area contributed by atoms with Crippen LogP contribution in [0.15, 0.2) is 11.6 Å². The molecule has 1 saturated heterocycles. The lowest BCUT2D eigenvalue weighted by Crippen LogP contribution is -2.55. The summed E-state index contributed by atoms with van der Waals surface area (Å²) in [6.45, 7) is 8.98. The molecule has 0 spiro atoms. The van der Waals surface area contributed by atoms with Crippen LogP contribution < -0.4 is 0 Å². The average molecular weight is 332 g/mol. The van der Waals surface area contributed by atoms with Crippen molar-refractivity contribution in [1.82, 2.24) is 0 Å². The van der Waals surface area contributed by atoms with E-state index in [-0.39, 0.29) is 46.6 Å². The van der Waals surface area contributed by atoms with Crippen molar-refractivity contribution in [3.63, 3.8) is 0 Å². The van der Waals surface area contributed by atoms with E-state index < -0.39 is 0 Å². The summed E-state index contributed by atoms with van der Waals surface area (Å²) in [6.07, 6.45) is 5.62. The summed E-state index contributed by atoms with van der Waals surface area (Å²) in [7, 11) is 0.